The van der Waals surface area contributed by atoms with Crippen LogP contribution in [0.3, 0.4) is 0 Å². The third-order valence-corrected chi connectivity index (χ3v) is 3.34. The number of para-hydroxylation sites is 2. The summed E-state index contributed by atoms with van der Waals surface area (Å²) in [6.45, 7) is 1.76. The second-order valence-corrected chi connectivity index (χ2v) is 5.02. The fourth-order valence-corrected chi connectivity index (χ4v) is 2.38. The van der Waals surface area contributed by atoms with Gasteiger partial charge in [0.2, 0.25) is 17.8 Å². The van der Waals surface area contributed by atoms with Crippen molar-refractivity contribution in [1.82, 2.24) is 34.5 Å². The van der Waals surface area contributed by atoms with E-state index in [1.165, 1.54) is 6.33 Å². The van der Waals surface area contributed by atoms with Gasteiger partial charge in [0, 0.05) is 6.20 Å². The molecule has 0 spiro atoms. The van der Waals surface area contributed by atoms with Crippen LogP contribution in [-0.2, 0) is 0 Å². The number of aromatic nitrogens is 7. The van der Waals surface area contributed by atoms with Crippen LogP contribution in [0, 0.1) is 6.92 Å². The average Bonchev–Trinajstić information content (AvgIpc) is 2.92. The summed E-state index contributed by atoms with van der Waals surface area (Å²) in [6, 6.07) is 9.43. The number of nitrogens with one attached hydrogen (secondary N) is 1. The Morgan fingerprint density at radius 2 is 1.92 bits per heavy atom. The van der Waals surface area contributed by atoms with Crippen molar-refractivity contribution in [3.05, 3.63) is 48.7 Å². The number of hydrogen-bond donors (Lipinski definition) is 2. The van der Waals surface area contributed by atoms with Crippen molar-refractivity contribution in [2.24, 2.45) is 0 Å². The van der Waals surface area contributed by atoms with Gasteiger partial charge in [-0.2, -0.15) is 15.0 Å². The number of fused-ring (bicyclic) bond motifs is 1. The van der Waals surface area contributed by atoms with Crippen molar-refractivity contribution in [3.8, 4) is 5.95 Å². The Bertz CT molecular complexity index is 990. The van der Waals surface area contributed by atoms with Crippen LogP contribution in [0.1, 0.15) is 5.82 Å². The smallest absolute Gasteiger partial charge is 0.242 e. The van der Waals surface area contributed by atoms with E-state index in [4.69, 9.17) is 5.73 Å². The fraction of sp³-hybridized carbons (Fsp3) is 0.0667. The molecule has 0 amide bonds. The van der Waals surface area contributed by atoms with Gasteiger partial charge in [-0.1, -0.05) is 12.1 Å². The highest BCUT2D eigenvalue weighted by atomic mass is 15.3. The molecule has 0 radical (unpaired) electrons. The molecule has 0 aliphatic heterocycles. The molecule has 0 aliphatic carbocycles. The predicted octanol–water partition coefficient (Wildman–Crippen LogP) is 1.63. The zero-order valence-corrected chi connectivity index (χ0v) is 12.7. The van der Waals surface area contributed by atoms with Gasteiger partial charge in [0.15, 0.2) is 0 Å². The van der Waals surface area contributed by atoms with E-state index in [1.807, 2.05) is 24.3 Å². The number of nitrogen functional groups attached to an aromatic ring is 1. The molecule has 0 fully saturated rings. The van der Waals surface area contributed by atoms with Crippen molar-refractivity contribution in [3.63, 3.8) is 0 Å². The van der Waals surface area contributed by atoms with E-state index in [-0.39, 0.29) is 5.95 Å². The van der Waals surface area contributed by atoms with Crippen LogP contribution in [0.2, 0.25) is 0 Å². The largest absolute Gasteiger partial charge is 0.368 e. The highest BCUT2D eigenvalue weighted by Gasteiger charge is 2.16. The quantitative estimate of drug-likeness (QED) is 0.584. The minimum absolute atomic E-state index is 0.156. The lowest BCUT2D eigenvalue weighted by Crippen LogP contribution is -2.10. The van der Waals surface area contributed by atoms with Crippen molar-refractivity contribution < 1.29 is 0 Å². The monoisotopic (exact) mass is 319 g/mol. The third-order valence-electron chi connectivity index (χ3n) is 3.34. The number of anilines is 3. The fourth-order valence-electron chi connectivity index (χ4n) is 2.38. The van der Waals surface area contributed by atoms with E-state index in [2.05, 4.69) is 35.2 Å². The molecule has 9 nitrogen and oxygen atoms in total. The maximum atomic E-state index is 5.78. The van der Waals surface area contributed by atoms with Crippen LogP contribution in [-0.4, -0.2) is 34.5 Å². The lowest BCUT2D eigenvalue weighted by molar-refractivity contribution is 0.893. The summed E-state index contributed by atoms with van der Waals surface area (Å²) in [6.07, 6.45) is 3.10. The number of aryl methyl sites for hydroxylation is 1. The summed E-state index contributed by atoms with van der Waals surface area (Å²) in [5.74, 6) is 2.22. The van der Waals surface area contributed by atoms with E-state index in [1.54, 1.807) is 23.8 Å². The van der Waals surface area contributed by atoms with Gasteiger partial charge in [0.1, 0.15) is 18.0 Å². The number of benzene rings is 1. The second-order valence-electron chi connectivity index (χ2n) is 5.02. The van der Waals surface area contributed by atoms with Crippen LogP contribution in [0.4, 0.5) is 17.7 Å². The zero-order valence-electron chi connectivity index (χ0n) is 12.7. The van der Waals surface area contributed by atoms with Gasteiger partial charge in [-0.05, 0) is 25.1 Å². The maximum Gasteiger partial charge on any atom is 0.242 e. The van der Waals surface area contributed by atoms with E-state index in [0.29, 0.717) is 23.5 Å². The first-order chi connectivity index (χ1) is 11.7. The molecule has 3 N–H and O–H groups in total. The van der Waals surface area contributed by atoms with Crippen molar-refractivity contribution >= 4 is 28.7 Å². The maximum absolute atomic E-state index is 5.78. The summed E-state index contributed by atoms with van der Waals surface area (Å²) in [5, 5.41) is 3.16. The molecular weight excluding hydrogens is 306 g/mol. The van der Waals surface area contributed by atoms with E-state index in [0.717, 1.165) is 11.0 Å². The summed E-state index contributed by atoms with van der Waals surface area (Å²) in [7, 11) is 0. The van der Waals surface area contributed by atoms with Gasteiger partial charge in [-0.25, -0.2) is 19.5 Å². The normalized spacial score (nSPS) is 10.9. The molecule has 4 aromatic rings. The molecule has 24 heavy (non-hydrogen) atoms. The molecular formula is C15H13N9. The second kappa shape index (κ2) is 5.54. The van der Waals surface area contributed by atoms with Crippen LogP contribution < -0.4 is 11.1 Å². The molecule has 3 aromatic heterocycles. The van der Waals surface area contributed by atoms with Gasteiger partial charge in [0.05, 0.1) is 11.0 Å². The highest BCUT2D eigenvalue weighted by molar-refractivity contribution is 5.81. The van der Waals surface area contributed by atoms with E-state index >= 15 is 0 Å². The first-order valence-electron chi connectivity index (χ1n) is 7.20. The Labute approximate surface area is 136 Å². The van der Waals surface area contributed by atoms with Crippen LogP contribution in [0.5, 0.6) is 0 Å². The lowest BCUT2D eigenvalue weighted by atomic mass is 10.3. The summed E-state index contributed by atoms with van der Waals surface area (Å²) in [4.78, 5) is 25.3. The average molecular weight is 319 g/mol. The minimum atomic E-state index is 0.156. The highest BCUT2D eigenvalue weighted by Crippen LogP contribution is 2.24. The molecule has 0 unspecified atom stereocenters. The first kappa shape index (κ1) is 14.0. The number of nitrogens with zero attached hydrogens (tertiary/aromatic N) is 7. The Hall–Kier alpha value is -3.62. The number of hydrogen-bond acceptors (Lipinski definition) is 8. The van der Waals surface area contributed by atoms with Gasteiger partial charge >= 0.3 is 0 Å². The zero-order chi connectivity index (χ0) is 16.5. The van der Waals surface area contributed by atoms with Crippen LogP contribution in [0.15, 0.2) is 42.9 Å². The van der Waals surface area contributed by atoms with Crippen molar-refractivity contribution in [1.29, 1.82) is 0 Å². The molecule has 1 aromatic carbocycles. The van der Waals surface area contributed by atoms with Gasteiger partial charge in [-0.3, -0.25) is 0 Å². The molecule has 0 aliphatic rings. The molecule has 118 valence electrons. The van der Waals surface area contributed by atoms with Gasteiger partial charge in [-0.15, -0.1) is 0 Å². The summed E-state index contributed by atoms with van der Waals surface area (Å²) >= 11 is 0. The Morgan fingerprint density at radius 3 is 2.71 bits per heavy atom. The summed E-state index contributed by atoms with van der Waals surface area (Å²) in [5.41, 5.74) is 7.42. The van der Waals surface area contributed by atoms with Crippen molar-refractivity contribution in [2.75, 3.05) is 11.1 Å². The Kier molecular flexibility index (Phi) is 3.23. The number of imidazole rings is 1. The van der Waals surface area contributed by atoms with Crippen LogP contribution in [0.25, 0.3) is 17.0 Å². The predicted molar refractivity (Wildman–Crippen MR) is 88.9 cm³/mol. The first-order valence-corrected chi connectivity index (χ1v) is 7.20. The Balaban J connectivity index is 1.93. The molecule has 4 rings (SSSR count). The summed E-state index contributed by atoms with van der Waals surface area (Å²) < 4.78 is 1.78. The molecule has 0 saturated heterocycles. The topological polar surface area (TPSA) is 120 Å². The van der Waals surface area contributed by atoms with Crippen molar-refractivity contribution in [2.45, 2.75) is 6.92 Å². The SMILES string of the molecule is Cc1nc(N)nc(-n2c(Nc3ccncn3)nc3ccccc32)n1. The molecule has 0 saturated carbocycles. The molecule has 0 atom stereocenters. The van der Waals surface area contributed by atoms with E-state index < -0.39 is 0 Å². The minimum Gasteiger partial charge on any atom is -0.368 e. The molecule has 3 heterocycles. The van der Waals surface area contributed by atoms with Gasteiger partial charge in [0.25, 0.3) is 0 Å². The Morgan fingerprint density at radius 1 is 1.04 bits per heavy atom. The lowest BCUT2D eigenvalue weighted by Gasteiger charge is -2.09. The van der Waals surface area contributed by atoms with Gasteiger partial charge < -0.3 is 11.1 Å². The standard InChI is InChI=1S/C15H13N9/c1-9-19-13(16)23-14(20-9)24-11-5-3-2-4-10(11)21-15(24)22-12-6-7-17-8-18-12/h2-8H,1H3,(H2,16,19,20,23)(H,17,18,21,22). The van der Waals surface area contributed by atoms with E-state index in [9.17, 15) is 0 Å². The number of nitrogens with two attached hydrogens (primary N) is 1. The molecule has 9 heteroatoms. The molecule has 0 bridgehead atoms. The third kappa shape index (κ3) is 2.47. The van der Waals surface area contributed by atoms with Crippen LogP contribution >= 0.6 is 0 Å². The number of rotatable bonds is 3.